The van der Waals surface area contributed by atoms with E-state index in [9.17, 15) is 5.11 Å². The monoisotopic (exact) mass is 297 g/mol. The van der Waals surface area contributed by atoms with Crippen molar-refractivity contribution in [1.82, 2.24) is 14.7 Å². The SMILES string of the molecule is CN(C)CCn1ncc(Cl)c1C(O)CCc1ccco1. The van der Waals surface area contributed by atoms with Crippen molar-refractivity contribution in [3.8, 4) is 0 Å². The van der Waals surface area contributed by atoms with Crippen LogP contribution >= 0.6 is 11.6 Å². The minimum Gasteiger partial charge on any atom is -0.469 e. The van der Waals surface area contributed by atoms with Crippen LogP contribution in [0.25, 0.3) is 0 Å². The van der Waals surface area contributed by atoms with Gasteiger partial charge in [0.05, 0.1) is 35.8 Å². The topological polar surface area (TPSA) is 54.4 Å². The maximum Gasteiger partial charge on any atom is 0.103 e. The number of aliphatic hydroxyl groups is 1. The summed E-state index contributed by atoms with van der Waals surface area (Å²) in [6.07, 6.45) is 3.81. The summed E-state index contributed by atoms with van der Waals surface area (Å²) in [5.74, 6) is 0.861. The van der Waals surface area contributed by atoms with Crippen LogP contribution in [-0.2, 0) is 13.0 Å². The number of furan rings is 1. The van der Waals surface area contributed by atoms with Gasteiger partial charge in [0.15, 0.2) is 0 Å². The lowest BCUT2D eigenvalue weighted by Crippen LogP contribution is -2.21. The van der Waals surface area contributed by atoms with Crippen molar-refractivity contribution in [2.24, 2.45) is 0 Å². The zero-order valence-electron chi connectivity index (χ0n) is 11.8. The molecule has 2 aromatic rings. The molecular formula is C14H20ClN3O2. The molecule has 5 nitrogen and oxygen atoms in total. The summed E-state index contributed by atoms with van der Waals surface area (Å²) < 4.78 is 7.04. The lowest BCUT2D eigenvalue weighted by Gasteiger charge is -2.15. The first-order chi connectivity index (χ1) is 9.58. The molecule has 0 saturated carbocycles. The predicted octanol–water partition coefficient (Wildman–Crippen LogP) is 2.36. The van der Waals surface area contributed by atoms with Crippen LogP contribution in [0.5, 0.6) is 0 Å². The van der Waals surface area contributed by atoms with Crippen molar-refractivity contribution in [3.05, 3.63) is 41.1 Å². The summed E-state index contributed by atoms with van der Waals surface area (Å²) in [5, 5.41) is 15.1. The van der Waals surface area contributed by atoms with E-state index in [1.54, 1.807) is 17.1 Å². The number of aromatic nitrogens is 2. The summed E-state index contributed by atoms with van der Waals surface area (Å²) in [6, 6.07) is 3.74. The van der Waals surface area contributed by atoms with Gasteiger partial charge in [0, 0.05) is 13.0 Å². The molecule has 0 spiro atoms. The van der Waals surface area contributed by atoms with E-state index in [0.717, 1.165) is 12.3 Å². The number of hydrogen-bond donors (Lipinski definition) is 1. The summed E-state index contributed by atoms with van der Waals surface area (Å²) in [7, 11) is 4.00. The third kappa shape index (κ3) is 3.85. The van der Waals surface area contributed by atoms with E-state index in [0.29, 0.717) is 30.1 Å². The zero-order chi connectivity index (χ0) is 14.5. The van der Waals surface area contributed by atoms with Crippen LogP contribution in [0.2, 0.25) is 5.02 Å². The number of rotatable bonds is 7. The molecule has 0 amide bonds. The van der Waals surface area contributed by atoms with Gasteiger partial charge >= 0.3 is 0 Å². The molecule has 0 fully saturated rings. The van der Waals surface area contributed by atoms with Crippen LogP contribution < -0.4 is 0 Å². The molecule has 1 unspecified atom stereocenters. The van der Waals surface area contributed by atoms with E-state index in [4.69, 9.17) is 16.0 Å². The second kappa shape index (κ2) is 6.92. The van der Waals surface area contributed by atoms with Crippen molar-refractivity contribution in [2.45, 2.75) is 25.5 Å². The van der Waals surface area contributed by atoms with E-state index in [2.05, 4.69) is 10.00 Å². The highest BCUT2D eigenvalue weighted by Crippen LogP contribution is 2.26. The maximum absolute atomic E-state index is 10.3. The van der Waals surface area contributed by atoms with E-state index in [1.165, 1.54) is 0 Å². The average molecular weight is 298 g/mol. The highest BCUT2D eigenvalue weighted by molar-refractivity contribution is 6.31. The molecule has 0 radical (unpaired) electrons. The lowest BCUT2D eigenvalue weighted by molar-refractivity contribution is 0.153. The van der Waals surface area contributed by atoms with Crippen LogP contribution in [0.4, 0.5) is 0 Å². The Kier molecular flexibility index (Phi) is 5.23. The minimum absolute atomic E-state index is 0.510. The Labute approximate surface area is 123 Å². The number of aryl methyl sites for hydroxylation is 1. The maximum atomic E-state index is 10.3. The molecule has 6 heteroatoms. The quantitative estimate of drug-likeness (QED) is 0.852. The van der Waals surface area contributed by atoms with Gasteiger partial charge in [-0.3, -0.25) is 4.68 Å². The number of nitrogens with zero attached hydrogens (tertiary/aromatic N) is 3. The summed E-state index contributed by atoms with van der Waals surface area (Å²) in [6.45, 7) is 1.54. The van der Waals surface area contributed by atoms with Crippen molar-refractivity contribution in [1.29, 1.82) is 0 Å². The van der Waals surface area contributed by atoms with Gasteiger partial charge in [-0.15, -0.1) is 0 Å². The van der Waals surface area contributed by atoms with E-state index >= 15 is 0 Å². The van der Waals surface area contributed by atoms with Crippen molar-refractivity contribution < 1.29 is 9.52 Å². The molecule has 110 valence electrons. The highest BCUT2D eigenvalue weighted by Gasteiger charge is 2.18. The Morgan fingerprint density at radius 1 is 1.50 bits per heavy atom. The molecule has 2 heterocycles. The molecule has 2 rings (SSSR count). The van der Waals surface area contributed by atoms with Crippen molar-refractivity contribution in [3.63, 3.8) is 0 Å². The molecule has 1 N–H and O–H groups in total. The third-order valence-electron chi connectivity index (χ3n) is 3.15. The summed E-state index contributed by atoms with van der Waals surface area (Å²) >= 11 is 6.14. The molecule has 0 bridgehead atoms. The summed E-state index contributed by atoms with van der Waals surface area (Å²) in [5.41, 5.74) is 0.681. The first kappa shape index (κ1) is 15.1. The number of halogens is 1. The van der Waals surface area contributed by atoms with E-state index in [-0.39, 0.29) is 0 Å². The van der Waals surface area contributed by atoms with Gasteiger partial charge in [-0.05, 0) is 32.6 Å². The van der Waals surface area contributed by atoms with Crippen LogP contribution in [0.1, 0.15) is 24.0 Å². The standard InChI is InChI=1S/C14H20ClN3O2/c1-17(2)7-8-18-14(12(15)10-16-18)13(19)6-5-11-4-3-9-20-11/h3-4,9-10,13,19H,5-8H2,1-2H3. The Morgan fingerprint density at radius 2 is 2.30 bits per heavy atom. The number of hydrogen-bond acceptors (Lipinski definition) is 4. The van der Waals surface area contributed by atoms with Gasteiger partial charge in [0.1, 0.15) is 5.76 Å². The zero-order valence-corrected chi connectivity index (χ0v) is 12.5. The molecule has 20 heavy (non-hydrogen) atoms. The van der Waals surface area contributed by atoms with Gasteiger partial charge in [0.25, 0.3) is 0 Å². The van der Waals surface area contributed by atoms with Gasteiger partial charge in [0.2, 0.25) is 0 Å². The highest BCUT2D eigenvalue weighted by atomic mass is 35.5. The van der Waals surface area contributed by atoms with Crippen LogP contribution in [0, 0.1) is 0 Å². The van der Waals surface area contributed by atoms with Gasteiger partial charge in [-0.25, -0.2) is 0 Å². The van der Waals surface area contributed by atoms with Gasteiger partial charge in [-0.1, -0.05) is 11.6 Å². The second-order valence-electron chi connectivity index (χ2n) is 5.04. The number of likely N-dealkylation sites (N-methyl/N-ethyl adjacent to an activating group) is 1. The van der Waals surface area contributed by atoms with E-state index in [1.807, 2.05) is 26.2 Å². The number of aliphatic hydroxyl groups excluding tert-OH is 1. The fourth-order valence-electron chi connectivity index (χ4n) is 2.05. The Bertz CT molecular complexity index is 523. The fraction of sp³-hybridized carbons (Fsp3) is 0.500. The lowest BCUT2D eigenvalue weighted by atomic mass is 10.1. The smallest absolute Gasteiger partial charge is 0.103 e. The van der Waals surface area contributed by atoms with Gasteiger partial charge in [-0.2, -0.15) is 5.10 Å². The molecule has 0 aliphatic carbocycles. The van der Waals surface area contributed by atoms with Crippen LogP contribution in [-0.4, -0.2) is 40.4 Å². The first-order valence-corrected chi connectivity index (χ1v) is 7.02. The average Bonchev–Trinajstić information content (AvgIpc) is 3.03. The second-order valence-corrected chi connectivity index (χ2v) is 5.45. The van der Waals surface area contributed by atoms with Gasteiger partial charge < -0.3 is 14.4 Å². The molecule has 1 atom stereocenters. The largest absolute Gasteiger partial charge is 0.469 e. The molecule has 0 aliphatic rings. The van der Waals surface area contributed by atoms with Crippen molar-refractivity contribution >= 4 is 11.6 Å². The Balaban J connectivity index is 2.00. The Morgan fingerprint density at radius 3 is 2.95 bits per heavy atom. The molecule has 0 saturated heterocycles. The molecular weight excluding hydrogens is 278 g/mol. The predicted molar refractivity (Wildman–Crippen MR) is 77.8 cm³/mol. The molecule has 2 aromatic heterocycles. The first-order valence-electron chi connectivity index (χ1n) is 6.64. The van der Waals surface area contributed by atoms with Crippen molar-refractivity contribution in [2.75, 3.05) is 20.6 Å². The van der Waals surface area contributed by atoms with Crippen LogP contribution in [0.3, 0.4) is 0 Å². The summed E-state index contributed by atoms with van der Waals surface area (Å²) in [4.78, 5) is 2.06. The molecule has 0 aromatic carbocycles. The van der Waals surface area contributed by atoms with E-state index < -0.39 is 6.10 Å². The normalized spacial score (nSPS) is 13.1. The van der Waals surface area contributed by atoms with Crippen LogP contribution in [0.15, 0.2) is 29.0 Å². The fourth-order valence-corrected chi connectivity index (χ4v) is 2.31. The minimum atomic E-state index is -0.641. The molecule has 0 aliphatic heterocycles. The third-order valence-corrected chi connectivity index (χ3v) is 3.44. The Hall–Kier alpha value is -1.30.